The van der Waals surface area contributed by atoms with Crippen LogP contribution in [0.2, 0.25) is 10.3 Å². The molecule has 0 bridgehead atoms. The largest absolute Gasteiger partial charge is 0.382 e. The van der Waals surface area contributed by atoms with Gasteiger partial charge in [0.25, 0.3) is 0 Å². The highest BCUT2D eigenvalue weighted by Gasteiger charge is 2.06. The molecule has 1 rings (SSSR count). The second-order valence-electron chi connectivity index (χ2n) is 2.13. The predicted molar refractivity (Wildman–Crippen MR) is 50.4 cm³/mol. The van der Waals surface area contributed by atoms with Crippen LogP contribution in [-0.4, -0.2) is 9.97 Å². The first-order valence-electron chi connectivity index (χ1n) is 3.23. The molecule has 0 radical (unpaired) electrons. The van der Waals surface area contributed by atoms with Crippen molar-refractivity contribution >= 4 is 29.0 Å². The standard InChI is InChI=1S/C7H7Cl2N3/c1-2-3-4-7(10)12-6(9)5(8)11-4/h2H,1,3H2,(H2,10,12). The third-order valence-electron chi connectivity index (χ3n) is 1.26. The van der Waals surface area contributed by atoms with E-state index in [1.165, 1.54) is 0 Å². The molecule has 2 N–H and O–H groups in total. The summed E-state index contributed by atoms with van der Waals surface area (Å²) < 4.78 is 0. The zero-order chi connectivity index (χ0) is 9.14. The van der Waals surface area contributed by atoms with Crippen molar-refractivity contribution in [3.63, 3.8) is 0 Å². The third-order valence-corrected chi connectivity index (χ3v) is 1.88. The Morgan fingerprint density at radius 2 is 1.92 bits per heavy atom. The molecule has 0 aliphatic rings. The molecule has 0 amide bonds. The fraction of sp³-hybridized carbons (Fsp3) is 0.143. The summed E-state index contributed by atoms with van der Waals surface area (Å²) in [5, 5.41) is 0.296. The highest BCUT2D eigenvalue weighted by Crippen LogP contribution is 2.20. The third kappa shape index (κ3) is 1.87. The molecule has 0 unspecified atom stereocenters. The van der Waals surface area contributed by atoms with Gasteiger partial charge in [0.2, 0.25) is 0 Å². The molecule has 0 saturated carbocycles. The predicted octanol–water partition coefficient (Wildman–Crippen LogP) is 2.09. The lowest BCUT2D eigenvalue weighted by Crippen LogP contribution is -2.01. The van der Waals surface area contributed by atoms with Gasteiger partial charge in [-0.2, -0.15) is 0 Å². The molecular formula is C7H7Cl2N3. The second-order valence-corrected chi connectivity index (χ2v) is 2.85. The van der Waals surface area contributed by atoms with Gasteiger partial charge in [0, 0.05) is 6.42 Å². The minimum atomic E-state index is 0.127. The highest BCUT2D eigenvalue weighted by atomic mass is 35.5. The van der Waals surface area contributed by atoms with Gasteiger partial charge in [0.15, 0.2) is 10.3 Å². The molecule has 0 fully saturated rings. The normalized spacial score (nSPS) is 9.83. The molecule has 0 atom stereocenters. The minimum absolute atomic E-state index is 0.127. The van der Waals surface area contributed by atoms with Crippen LogP contribution in [0.25, 0.3) is 0 Å². The smallest absolute Gasteiger partial charge is 0.168 e. The van der Waals surface area contributed by atoms with Gasteiger partial charge < -0.3 is 5.73 Å². The van der Waals surface area contributed by atoms with Crippen LogP contribution in [0, 0.1) is 0 Å². The van der Waals surface area contributed by atoms with Crippen molar-refractivity contribution < 1.29 is 0 Å². The lowest BCUT2D eigenvalue weighted by Gasteiger charge is -2.01. The molecule has 1 aromatic heterocycles. The number of nitrogen functional groups attached to an aromatic ring is 1. The van der Waals surface area contributed by atoms with Crippen molar-refractivity contribution in [1.29, 1.82) is 0 Å². The molecular weight excluding hydrogens is 197 g/mol. The molecule has 1 aromatic rings. The van der Waals surface area contributed by atoms with Crippen molar-refractivity contribution in [2.24, 2.45) is 0 Å². The van der Waals surface area contributed by atoms with Gasteiger partial charge in [-0.25, -0.2) is 9.97 Å². The molecule has 12 heavy (non-hydrogen) atoms. The van der Waals surface area contributed by atoms with E-state index >= 15 is 0 Å². The van der Waals surface area contributed by atoms with E-state index in [9.17, 15) is 0 Å². The number of aromatic nitrogens is 2. The number of rotatable bonds is 2. The number of nitrogens with two attached hydrogens (primary N) is 1. The molecule has 3 nitrogen and oxygen atoms in total. The zero-order valence-electron chi connectivity index (χ0n) is 6.22. The van der Waals surface area contributed by atoms with Crippen LogP contribution in [0.3, 0.4) is 0 Å². The SMILES string of the molecule is C=CCc1nc(Cl)c(Cl)nc1N. The molecule has 0 spiro atoms. The Morgan fingerprint density at radius 3 is 2.50 bits per heavy atom. The van der Waals surface area contributed by atoms with Gasteiger partial charge in [-0.05, 0) is 0 Å². The summed E-state index contributed by atoms with van der Waals surface area (Å²) in [4.78, 5) is 7.73. The van der Waals surface area contributed by atoms with Crippen LogP contribution in [0.1, 0.15) is 5.69 Å². The molecule has 64 valence electrons. The Bertz CT molecular complexity index is 312. The molecule has 0 aliphatic carbocycles. The second kappa shape index (κ2) is 3.74. The van der Waals surface area contributed by atoms with Crippen molar-refractivity contribution in [1.82, 2.24) is 9.97 Å². The van der Waals surface area contributed by atoms with Gasteiger partial charge in [0.1, 0.15) is 5.82 Å². The van der Waals surface area contributed by atoms with Crippen molar-refractivity contribution in [2.45, 2.75) is 6.42 Å². The highest BCUT2D eigenvalue weighted by molar-refractivity contribution is 6.40. The Labute approximate surface area is 80.2 Å². The quantitative estimate of drug-likeness (QED) is 0.750. The average Bonchev–Trinajstić information content (AvgIpc) is 2.01. The Hall–Kier alpha value is -0.800. The van der Waals surface area contributed by atoms with Gasteiger partial charge in [0.05, 0.1) is 5.69 Å². The Morgan fingerprint density at radius 1 is 1.33 bits per heavy atom. The topological polar surface area (TPSA) is 51.8 Å². The minimum Gasteiger partial charge on any atom is -0.382 e. The first-order chi connectivity index (χ1) is 5.65. The van der Waals surface area contributed by atoms with E-state index in [4.69, 9.17) is 28.9 Å². The lowest BCUT2D eigenvalue weighted by molar-refractivity contribution is 1.07. The van der Waals surface area contributed by atoms with Crippen LogP contribution >= 0.6 is 23.2 Å². The molecule has 5 heteroatoms. The van der Waals surface area contributed by atoms with Crippen molar-refractivity contribution in [3.8, 4) is 0 Å². The van der Waals surface area contributed by atoms with E-state index in [1.807, 2.05) is 0 Å². The molecule has 0 saturated heterocycles. The van der Waals surface area contributed by atoms with Crippen LogP contribution in [0.15, 0.2) is 12.7 Å². The zero-order valence-corrected chi connectivity index (χ0v) is 7.73. The summed E-state index contributed by atoms with van der Waals surface area (Å²) in [7, 11) is 0. The molecule has 0 aromatic carbocycles. The fourth-order valence-corrected chi connectivity index (χ4v) is 1.00. The Kier molecular flexibility index (Phi) is 2.89. The van der Waals surface area contributed by atoms with E-state index < -0.39 is 0 Å². The number of anilines is 1. The maximum atomic E-state index is 5.63. The Balaban J connectivity index is 3.13. The van der Waals surface area contributed by atoms with Gasteiger partial charge in [-0.1, -0.05) is 29.3 Å². The first kappa shape index (κ1) is 9.29. The van der Waals surface area contributed by atoms with Crippen LogP contribution in [-0.2, 0) is 6.42 Å². The fourth-order valence-electron chi connectivity index (χ4n) is 0.725. The van der Waals surface area contributed by atoms with E-state index in [1.54, 1.807) is 6.08 Å². The summed E-state index contributed by atoms with van der Waals surface area (Å²) in [6.07, 6.45) is 2.21. The number of nitrogens with zero attached hydrogens (tertiary/aromatic N) is 2. The van der Waals surface area contributed by atoms with E-state index in [0.717, 1.165) is 0 Å². The molecule has 0 aliphatic heterocycles. The van der Waals surface area contributed by atoms with Gasteiger partial charge in [-0.15, -0.1) is 6.58 Å². The monoisotopic (exact) mass is 203 g/mol. The average molecular weight is 204 g/mol. The molecule has 1 heterocycles. The number of hydrogen-bond acceptors (Lipinski definition) is 3. The van der Waals surface area contributed by atoms with Crippen LogP contribution in [0.4, 0.5) is 5.82 Å². The van der Waals surface area contributed by atoms with Gasteiger partial charge >= 0.3 is 0 Å². The van der Waals surface area contributed by atoms with Crippen LogP contribution in [0.5, 0.6) is 0 Å². The maximum absolute atomic E-state index is 5.63. The summed E-state index contributed by atoms with van der Waals surface area (Å²) in [5.74, 6) is 0.296. The lowest BCUT2D eigenvalue weighted by atomic mass is 10.3. The van der Waals surface area contributed by atoms with Crippen molar-refractivity contribution in [3.05, 3.63) is 28.7 Å². The van der Waals surface area contributed by atoms with Crippen molar-refractivity contribution in [2.75, 3.05) is 5.73 Å². The number of halogens is 2. The van der Waals surface area contributed by atoms with E-state index in [-0.39, 0.29) is 10.3 Å². The van der Waals surface area contributed by atoms with Gasteiger partial charge in [-0.3, -0.25) is 0 Å². The first-order valence-corrected chi connectivity index (χ1v) is 3.99. The van der Waals surface area contributed by atoms with Crippen LogP contribution < -0.4 is 5.73 Å². The summed E-state index contributed by atoms with van der Waals surface area (Å²) in [6.45, 7) is 3.55. The summed E-state index contributed by atoms with van der Waals surface area (Å²) in [6, 6.07) is 0. The summed E-state index contributed by atoms with van der Waals surface area (Å²) >= 11 is 11.2. The maximum Gasteiger partial charge on any atom is 0.168 e. The van der Waals surface area contributed by atoms with E-state index in [2.05, 4.69) is 16.5 Å². The number of hydrogen-bond donors (Lipinski definition) is 1. The van der Waals surface area contributed by atoms with E-state index in [0.29, 0.717) is 17.9 Å². The summed E-state index contributed by atoms with van der Waals surface area (Å²) in [5.41, 5.74) is 6.11. The number of allylic oxidation sites excluding steroid dienone is 1.